The minimum atomic E-state index is 0.0110. The highest BCUT2D eigenvalue weighted by Crippen LogP contribution is 2.30. The number of benzene rings is 1. The maximum absolute atomic E-state index is 13.5. The lowest BCUT2D eigenvalue weighted by molar-refractivity contribution is -0.151. The highest BCUT2D eigenvalue weighted by Gasteiger charge is 2.37. The Morgan fingerprint density at radius 3 is 2.71 bits per heavy atom. The van der Waals surface area contributed by atoms with Crippen molar-refractivity contribution in [1.82, 2.24) is 14.8 Å². The van der Waals surface area contributed by atoms with Gasteiger partial charge in [0.1, 0.15) is 5.76 Å². The molecule has 6 nitrogen and oxygen atoms in total. The zero-order chi connectivity index (χ0) is 22.0. The normalized spacial score (nSPS) is 22.4. The van der Waals surface area contributed by atoms with Crippen molar-refractivity contribution < 1.29 is 13.9 Å². The van der Waals surface area contributed by atoms with Crippen molar-refractivity contribution in [2.45, 2.75) is 71.2 Å². The number of ether oxygens (including phenoxy) is 1. The van der Waals surface area contributed by atoms with E-state index in [4.69, 9.17) is 20.8 Å². The van der Waals surface area contributed by atoms with Gasteiger partial charge < -0.3 is 14.1 Å². The molecule has 1 saturated heterocycles. The summed E-state index contributed by atoms with van der Waals surface area (Å²) < 4.78 is 11.8. The van der Waals surface area contributed by atoms with Crippen LogP contribution in [-0.2, 0) is 16.1 Å². The van der Waals surface area contributed by atoms with Gasteiger partial charge in [-0.05, 0) is 51.3 Å². The van der Waals surface area contributed by atoms with E-state index in [-0.39, 0.29) is 24.1 Å². The maximum atomic E-state index is 13.5. The first-order valence-electron chi connectivity index (χ1n) is 11.3. The zero-order valence-electron chi connectivity index (χ0n) is 18.6. The van der Waals surface area contributed by atoms with E-state index in [0.717, 1.165) is 36.3 Å². The second-order valence-electron chi connectivity index (χ2n) is 8.73. The molecule has 4 rings (SSSR count). The minimum Gasteiger partial charge on any atom is -0.444 e. The Labute approximate surface area is 189 Å². The first-order chi connectivity index (χ1) is 14.9. The molecule has 2 aliphatic rings. The molecule has 7 heteroatoms. The highest BCUT2D eigenvalue weighted by molar-refractivity contribution is 6.30. The predicted molar refractivity (Wildman–Crippen MR) is 120 cm³/mol. The molecule has 1 amide bonds. The van der Waals surface area contributed by atoms with Gasteiger partial charge >= 0.3 is 0 Å². The van der Waals surface area contributed by atoms with Crippen LogP contribution in [0, 0.1) is 13.8 Å². The molecular formula is C24H32ClN3O3. The summed E-state index contributed by atoms with van der Waals surface area (Å²) in [5, 5.41) is 0.703. The Kier molecular flexibility index (Phi) is 6.99. The topological polar surface area (TPSA) is 58.8 Å². The monoisotopic (exact) mass is 445 g/mol. The molecule has 0 radical (unpaired) electrons. The van der Waals surface area contributed by atoms with Gasteiger partial charge in [-0.25, -0.2) is 4.98 Å². The van der Waals surface area contributed by atoms with Crippen molar-refractivity contribution in [3.05, 3.63) is 52.2 Å². The molecule has 1 saturated carbocycles. The van der Waals surface area contributed by atoms with Crippen molar-refractivity contribution in [1.29, 1.82) is 0 Å². The molecule has 0 bridgehead atoms. The van der Waals surface area contributed by atoms with Crippen LogP contribution in [0.3, 0.4) is 0 Å². The number of hydrogen-bond donors (Lipinski definition) is 0. The fraction of sp³-hybridized carbons (Fsp3) is 0.583. The first-order valence-corrected chi connectivity index (χ1v) is 11.6. The predicted octanol–water partition coefficient (Wildman–Crippen LogP) is 4.68. The minimum absolute atomic E-state index is 0.0110. The summed E-state index contributed by atoms with van der Waals surface area (Å²) >= 11 is 6.09. The summed E-state index contributed by atoms with van der Waals surface area (Å²) in [4.78, 5) is 22.2. The van der Waals surface area contributed by atoms with Gasteiger partial charge in [0.05, 0.1) is 37.5 Å². The number of hydrogen-bond acceptors (Lipinski definition) is 5. The lowest BCUT2D eigenvalue weighted by Crippen LogP contribution is -2.56. The quantitative estimate of drug-likeness (QED) is 0.646. The summed E-state index contributed by atoms with van der Waals surface area (Å²) in [6.45, 7) is 8.05. The highest BCUT2D eigenvalue weighted by atomic mass is 35.5. The van der Waals surface area contributed by atoms with Crippen LogP contribution in [0.2, 0.25) is 5.02 Å². The number of carbonyl (C=O) groups excluding carboxylic acids is 1. The summed E-state index contributed by atoms with van der Waals surface area (Å²) in [6, 6.07) is 8.03. The second kappa shape index (κ2) is 9.72. The zero-order valence-corrected chi connectivity index (χ0v) is 19.4. The Morgan fingerprint density at radius 2 is 2.00 bits per heavy atom. The molecule has 0 N–H and O–H groups in total. The van der Waals surface area contributed by atoms with Gasteiger partial charge in [0, 0.05) is 17.6 Å². The summed E-state index contributed by atoms with van der Waals surface area (Å²) in [5.74, 6) is 1.61. The van der Waals surface area contributed by atoms with Crippen LogP contribution in [-0.4, -0.2) is 52.5 Å². The number of amides is 1. The molecule has 3 unspecified atom stereocenters. The van der Waals surface area contributed by atoms with Gasteiger partial charge in [0.25, 0.3) is 0 Å². The number of morpholine rings is 1. The van der Waals surface area contributed by atoms with Crippen LogP contribution >= 0.6 is 11.6 Å². The number of oxazole rings is 1. The van der Waals surface area contributed by atoms with E-state index < -0.39 is 0 Å². The molecule has 2 fully saturated rings. The Hall–Kier alpha value is -1.89. The largest absolute Gasteiger partial charge is 0.444 e. The molecule has 2 heterocycles. The van der Waals surface area contributed by atoms with E-state index >= 15 is 0 Å². The Balaban J connectivity index is 1.54. The van der Waals surface area contributed by atoms with E-state index in [2.05, 4.69) is 21.7 Å². The van der Waals surface area contributed by atoms with Crippen molar-refractivity contribution in [3.8, 4) is 0 Å². The van der Waals surface area contributed by atoms with Gasteiger partial charge in [-0.1, -0.05) is 36.6 Å². The number of halogens is 1. The molecule has 168 valence electrons. The number of rotatable bonds is 6. The molecule has 1 aliphatic carbocycles. The van der Waals surface area contributed by atoms with Gasteiger partial charge in [0.2, 0.25) is 11.8 Å². The number of fused-ring (bicyclic) bond motifs is 1. The lowest BCUT2D eigenvalue weighted by Gasteiger charge is -2.44. The van der Waals surface area contributed by atoms with Crippen LogP contribution in [0.5, 0.6) is 0 Å². The summed E-state index contributed by atoms with van der Waals surface area (Å²) in [5.41, 5.74) is 1.99. The third kappa shape index (κ3) is 5.13. The SMILES string of the molecule is Cc1nc(CN(CC(=O)N2CCOC3CCCCC32)C(C)c2ccc(Cl)cc2)oc1C. The second-order valence-corrected chi connectivity index (χ2v) is 9.17. The molecule has 1 aromatic heterocycles. The standard InChI is InChI=1S/C24H32ClN3O3/c1-16-18(3)31-23(26-16)14-27(17(2)19-8-10-20(25)11-9-19)15-24(29)28-12-13-30-22-7-5-4-6-21(22)28/h8-11,17,21-22H,4-7,12-15H2,1-3H3. The van der Waals surface area contributed by atoms with Crippen LogP contribution in [0.15, 0.2) is 28.7 Å². The lowest BCUT2D eigenvalue weighted by atomic mass is 9.90. The van der Waals surface area contributed by atoms with Crippen LogP contribution < -0.4 is 0 Å². The summed E-state index contributed by atoms with van der Waals surface area (Å²) in [7, 11) is 0. The number of carbonyl (C=O) groups is 1. The van der Waals surface area contributed by atoms with Crippen molar-refractivity contribution in [3.63, 3.8) is 0 Å². The van der Waals surface area contributed by atoms with Crippen molar-refractivity contribution in [2.75, 3.05) is 19.7 Å². The molecule has 0 spiro atoms. The number of aryl methyl sites for hydroxylation is 2. The van der Waals surface area contributed by atoms with Gasteiger partial charge in [0.15, 0.2) is 0 Å². The van der Waals surface area contributed by atoms with Gasteiger partial charge in [-0.3, -0.25) is 9.69 Å². The van der Waals surface area contributed by atoms with Gasteiger partial charge in [-0.15, -0.1) is 0 Å². The molecule has 3 atom stereocenters. The van der Waals surface area contributed by atoms with Crippen LogP contribution in [0.4, 0.5) is 0 Å². The van der Waals surface area contributed by atoms with Crippen LogP contribution in [0.1, 0.15) is 61.6 Å². The average Bonchev–Trinajstić information content (AvgIpc) is 3.09. The summed E-state index contributed by atoms with van der Waals surface area (Å²) in [6.07, 6.45) is 4.61. The smallest absolute Gasteiger partial charge is 0.237 e. The number of nitrogens with zero attached hydrogens (tertiary/aromatic N) is 3. The van der Waals surface area contributed by atoms with Crippen molar-refractivity contribution in [2.24, 2.45) is 0 Å². The Bertz CT molecular complexity index is 876. The fourth-order valence-corrected chi connectivity index (χ4v) is 4.86. The van der Waals surface area contributed by atoms with Gasteiger partial charge in [-0.2, -0.15) is 0 Å². The molecule has 31 heavy (non-hydrogen) atoms. The first kappa shape index (κ1) is 22.3. The van der Waals surface area contributed by atoms with Crippen LogP contribution in [0.25, 0.3) is 0 Å². The molecular weight excluding hydrogens is 414 g/mol. The third-order valence-electron chi connectivity index (χ3n) is 6.70. The van der Waals surface area contributed by atoms with E-state index in [1.807, 2.05) is 38.1 Å². The van der Waals surface area contributed by atoms with E-state index in [9.17, 15) is 4.79 Å². The Morgan fingerprint density at radius 1 is 1.26 bits per heavy atom. The molecule has 1 aromatic carbocycles. The average molecular weight is 446 g/mol. The third-order valence-corrected chi connectivity index (χ3v) is 6.95. The van der Waals surface area contributed by atoms with E-state index in [1.165, 1.54) is 6.42 Å². The molecule has 1 aliphatic heterocycles. The van der Waals surface area contributed by atoms with Crippen molar-refractivity contribution >= 4 is 17.5 Å². The maximum Gasteiger partial charge on any atom is 0.237 e. The molecule has 2 aromatic rings. The van der Waals surface area contributed by atoms with E-state index in [1.54, 1.807) is 0 Å². The number of aromatic nitrogens is 1. The fourth-order valence-electron chi connectivity index (χ4n) is 4.73. The van der Waals surface area contributed by atoms with E-state index in [0.29, 0.717) is 37.2 Å².